The fraction of sp³-hybridized carbons (Fsp3) is 0.850. The lowest BCUT2D eigenvalue weighted by atomic mass is 10.0. The summed E-state index contributed by atoms with van der Waals surface area (Å²) in [6, 6.07) is 4.39. The lowest BCUT2D eigenvalue weighted by Gasteiger charge is -2.30. The van der Waals surface area contributed by atoms with E-state index in [2.05, 4.69) is 27.9 Å². The predicted molar refractivity (Wildman–Crippen MR) is 199 cm³/mol. The molecule has 0 heterocycles. The van der Waals surface area contributed by atoms with Crippen LogP contribution in [0.1, 0.15) is 194 Å². The van der Waals surface area contributed by atoms with Crippen molar-refractivity contribution in [3.8, 4) is 5.75 Å². The summed E-state index contributed by atoms with van der Waals surface area (Å²) in [5, 5.41) is 8.73. The number of phenolic OH excluding ortho intramolecular Hbond substituents is 1. The van der Waals surface area contributed by atoms with E-state index in [9.17, 15) is 13.0 Å². The molecule has 1 aromatic carbocycles. The lowest BCUT2D eigenvalue weighted by molar-refractivity contribution is -0.890. The first-order chi connectivity index (χ1) is 22.1. The van der Waals surface area contributed by atoms with Gasteiger partial charge in [-0.05, 0) is 49.9 Å². The largest absolute Gasteiger partial charge is 0.744 e. The van der Waals surface area contributed by atoms with Crippen molar-refractivity contribution in [2.45, 2.75) is 199 Å². The monoisotopic (exact) mass is 668 g/mol. The molecular formula is C40H77NO4S. The molecule has 1 rings (SSSR count). The van der Waals surface area contributed by atoms with Crippen molar-refractivity contribution in [2.75, 3.05) is 27.2 Å². The fourth-order valence-electron chi connectivity index (χ4n) is 6.19. The summed E-state index contributed by atoms with van der Waals surface area (Å²) in [5.74, 6) is -0.0719. The van der Waals surface area contributed by atoms with E-state index in [1.165, 1.54) is 197 Å². The van der Waals surface area contributed by atoms with Crippen molar-refractivity contribution in [2.24, 2.45) is 0 Å². The van der Waals surface area contributed by atoms with Crippen molar-refractivity contribution >= 4 is 10.1 Å². The molecule has 5 nitrogen and oxygen atoms in total. The molecule has 0 aromatic heterocycles. The molecule has 0 aliphatic heterocycles. The van der Waals surface area contributed by atoms with Crippen LogP contribution in [-0.2, 0) is 10.1 Å². The Morgan fingerprint density at radius 1 is 0.478 bits per heavy atom. The maximum Gasteiger partial charge on any atom is 0.124 e. The Labute approximate surface area is 287 Å². The van der Waals surface area contributed by atoms with Crippen LogP contribution in [0, 0.1) is 0 Å². The zero-order valence-electron chi connectivity index (χ0n) is 31.1. The minimum absolute atomic E-state index is 0.0719. The van der Waals surface area contributed by atoms with E-state index in [4.69, 9.17) is 5.11 Å². The van der Waals surface area contributed by atoms with Gasteiger partial charge in [0, 0.05) is 0 Å². The average Bonchev–Trinajstić information content (AvgIpc) is 3.01. The van der Waals surface area contributed by atoms with Crippen LogP contribution in [0.5, 0.6) is 5.75 Å². The van der Waals surface area contributed by atoms with E-state index < -0.39 is 10.1 Å². The molecule has 0 spiro atoms. The summed E-state index contributed by atoms with van der Waals surface area (Å²) < 4.78 is 32.2. The van der Waals surface area contributed by atoms with Crippen LogP contribution in [0.3, 0.4) is 0 Å². The van der Waals surface area contributed by atoms with E-state index in [0.717, 1.165) is 24.3 Å². The number of benzene rings is 1. The zero-order chi connectivity index (χ0) is 34.2. The smallest absolute Gasteiger partial charge is 0.124 e. The Balaban J connectivity index is 0.00000153. The number of quaternary nitrogens is 1. The van der Waals surface area contributed by atoms with Crippen LogP contribution in [0.25, 0.3) is 0 Å². The standard InChI is InChI=1S/C34H72N.C6H6O4S/c1-5-7-9-11-13-15-17-19-21-23-25-27-29-31-33-35(3,4)34-32-30-28-26-24-22-20-18-16-14-12-10-8-6-2;7-5-1-3-6(4-2-5)11(8,9)10/h5-34H2,1-4H3;1-4,7H,(H,8,9,10)/q+1;/p-1. The van der Waals surface area contributed by atoms with Gasteiger partial charge in [-0.2, -0.15) is 0 Å². The number of nitrogens with zero attached hydrogens (tertiary/aromatic N) is 1. The number of aromatic hydroxyl groups is 1. The van der Waals surface area contributed by atoms with Gasteiger partial charge in [0.2, 0.25) is 0 Å². The molecule has 0 aliphatic rings. The van der Waals surface area contributed by atoms with E-state index in [0.29, 0.717) is 0 Å². The van der Waals surface area contributed by atoms with Crippen molar-refractivity contribution in [3.63, 3.8) is 0 Å². The summed E-state index contributed by atoms with van der Waals surface area (Å²) in [4.78, 5) is -0.338. The molecule has 0 saturated heterocycles. The molecular weight excluding hydrogens is 591 g/mol. The molecule has 0 bridgehead atoms. The third kappa shape index (κ3) is 31.5. The lowest BCUT2D eigenvalue weighted by Crippen LogP contribution is -2.41. The van der Waals surface area contributed by atoms with Gasteiger partial charge in [0.05, 0.1) is 32.1 Å². The Hall–Kier alpha value is -1.11. The highest BCUT2D eigenvalue weighted by atomic mass is 32.2. The Bertz CT molecular complexity index is 836. The van der Waals surface area contributed by atoms with E-state index in [1.54, 1.807) is 0 Å². The first-order valence-electron chi connectivity index (χ1n) is 19.7. The van der Waals surface area contributed by atoms with Gasteiger partial charge in [0.1, 0.15) is 15.9 Å². The number of rotatable bonds is 31. The van der Waals surface area contributed by atoms with Gasteiger partial charge in [0.15, 0.2) is 0 Å². The summed E-state index contributed by atoms with van der Waals surface area (Å²) in [5.41, 5.74) is 0. The van der Waals surface area contributed by atoms with Crippen molar-refractivity contribution in [1.82, 2.24) is 0 Å². The van der Waals surface area contributed by atoms with Crippen molar-refractivity contribution < 1.29 is 22.6 Å². The van der Waals surface area contributed by atoms with Crippen LogP contribution >= 0.6 is 0 Å². The van der Waals surface area contributed by atoms with Crippen LogP contribution < -0.4 is 0 Å². The maximum absolute atomic E-state index is 10.3. The predicted octanol–water partition coefficient (Wildman–Crippen LogP) is 12.3. The van der Waals surface area contributed by atoms with Gasteiger partial charge in [0.25, 0.3) is 0 Å². The van der Waals surface area contributed by atoms with Crippen molar-refractivity contribution in [3.05, 3.63) is 24.3 Å². The highest BCUT2D eigenvalue weighted by Crippen LogP contribution is 2.16. The molecule has 1 aromatic rings. The second-order valence-electron chi connectivity index (χ2n) is 14.5. The topological polar surface area (TPSA) is 77.4 Å². The minimum Gasteiger partial charge on any atom is -0.744 e. The molecule has 0 atom stereocenters. The molecule has 0 amide bonds. The van der Waals surface area contributed by atoms with E-state index in [1.807, 2.05) is 0 Å². The number of hydrogen-bond acceptors (Lipinski definition) is 4. The first kappa shape index (κ1) is 44.9. The average molecular weight is 668 g/mol. The summed E-state index contributed by atoms with van der Waals surface area (Å²) >= 11 is 0. The van der Waals surface area contributed by atoms with Crippen molar-refractivity contribution in [1.29, 1.82) is 0 Å². The molecule has 0 fully saturated rings. The second-order valence-corrected chi connectivity index (χ2v) is 15.9. The molecule has 6 heteroatoms. The van der Waals surface area contributed by atoms with Crippen LogP contribution in [0.4, 0.5) is 0 Å². The molecule has 0 unspecified atom stereocenters. The molecule has 1 N–H and O–H groups in total. The van der Waals surface area contributed by atoms with Gasteiger partial charge >= 0.3 is 0 Å². The highest BCUT2D eigenvalue weighted by molar-refractivity contribution is 7.85. The van der Waals surface area contributed by atoms with Gasteiger partial charge in [-0.1, -0.05) is 168 Å². The second kappa shape index (κ2) is 31.2. The number of unbranched alkanes of at least 4 members (excludes halogenated alkanes) is 26. The van der Waals surface area contributed by atoms with Crippen LogP contribution in [0.2, 0.25) is 0 Å². The maximum atomic E-state index is 10.3. The SMILES string of the molecule is CCCCCCCCCCCCCCCC[N+](C)(C)CCCCCCCCCCCCCCCC.O=S(=O)([O-])c1ccc(O)cc1. The quantitative estimate of drug-likeness (QED) is 0.0485. The Morgan fingerprint density at radius 2 is 0.717 bits per heavy atom. The Kier molecular flexibility index (Phi) is 30.4. The summed E-state index contributed by atoms with van der Waals surface area (Å²) in [6.07, 6.45) is 40.9. The van der Waals surface area contributed by atoms with Gasteiger partial charge in [-0.25, -0.2) is 8.42 Å². The third-order valence-electron chi connectivity index (χ3n) is 9.36. The molecule has 0 aliphatic carbocycles. The summed E-state index contributed by atoms with van der Waals surface area (Å²) in [7, 11) is 0.545. The van der Waals surface area contributed by atoms with Gasteiger partial charge in [-0.3, -0.25) is 0 Å². The minimum atomic E-state index is -4.38. The van der Waals surface area contributed by atoms with E-state index in [-0.39, 0.29) is 10.6 Å². The molecule has 46 heavy (non-hydrogen) atoms. The van der Waals surface area contributed by atoms with Crippen LogP contribution in [-0.4, -0.2) is 49.7 Å². The first-order valence-corrected chi connectivity index (χ1v) is 21.1. The fourth-order valence-corrected chi connectivity index (χ4v) is 6.66. The zero-order valence-corrected chi connectivity index (χ0v) is 31.9. The normalized spacial score (nSPS) is 11.8. The molecule has 0 radical (unpaired) electrons. The summed E-state index contributed by atoms with van der Waals surface area (Å²) in [6.45, 7) is 7.38. The number of hydrogen-bond donors (Lipinski definition) is 1. The van der Waals surface area contributed by atoms with E-state index >= 15 is 0 Å². The number of phenols is 1. The molecule has 0 saturated carbocycles. The van der Waals surface area contributed by atoms with Crippen LogP contribution in [0.15, 0.2) is 29.2 Å². The third-order valence-corrected chi connectivity index (χ3v) is 10.2. The highest BCUT2D eigenvalue weighted by Gasteiger charge is 2.13. The molecule has 272 valence electrons. The Morgan fingerprint density at radius 3 is 0.957 bits per heavy atom. The van der Waals surface area contributed by atoms with Gasteiger partial charge < -0.3 is 14.1 Å². The van der Waals surface area contributed by atoms with Gasteiger partial charge in [-0.15, -0.1) is 0 Å².